The van der Waals surface area contributed by atoms with Crippen molar-refractivity contribution < 1.29 is 64.4 Å². The molecule has 2 aromatic rings. The van der Waals surface area contributed by atoms with E-state index in [1.807, 2.05) is 24.3 Å². The Labute approximate surface area is 152 Å². The number of rotatable bonds is 5. The predicted octanol–water partition coefficient (Wildman–Crippen LogP) is -1.41. The normalized spacial score (nSPS) is 11.4. The van der Waals surface area contributed by atoms with Gasteiger partial charge in [0, 0.05) is 11.5 Å². The van der Waals surface area contributed by atoms with Crippen molar-refractivity contribution in [3.8, 4) is 0 Å². The molecule has 0 bridgehead atoms. The molecule has 0 aliphatic heterocycles. The first kappa shape index (κ1) is 16.6. The number of aromatic amines is 1. The van der Waals surface area contributed by atoms with E-state index in [0.717, 1.165) is 16.2 Å². The first-order valence-electron chi connectivity index (χ1n) is 5.06. The van der Waals surface area contributed by atoms with E-state index in [2.05, 4.69) is 9.97 Å². The minimum atomic E-state index is -4.10. The molecule has 0 saturated heterocycles. The Kier molecular flexibility index (Phi) is 6.83. The summed E-state index contributed by atoms with van der Waals surface area (Å²) in [6.07, 6.45) is 0.341. The third kappa shape index (κ3) is 5.29. The largest absolute Gasteiger partial charge is 1.00 e. The second-order valence-electron chi connectivity index (χ2n) is 3.52. The number of hydrogen-bond acceptors (Lipinski definition) is 5. The number of hydrogen-bond donors (Lipinski definition) is 1. The van der Waals surface area contributed by atoms with Crippen molar-refractivity contribution in [3.63, 3.8) is 0 Å². The molecule has 0 aliphatic rings. The number of para-hydroxylation sites is 2. The van der Waals surface area contributed by atoms with Crippen LogP contribution in [0.2, 0.25) is 0 Å². The molecule has 1 aromatic heterocycles. The Morgan fingerprint density at radius 2 is 2.06 bits per heavy atom. The molecule has 0 unspecified atom stereocenters. The molecule has 0 atom stereocenters. The van der Waals surface area contributed by atoms with Crippen LogP contribution in [0, 0.1) is 0 Å². The summed E-state index contributed by atoms with van der Waals surface area (Å²) in [7, 11) is -4.10. The zero-order valence-corrected chi connectivity index (χ0v) is 14.7. The number of nitrogens with zero attached hydrogens (tertiary/aromatic N) is 1. The summed E-state index contributed by atoms with van der Waals surface area (Å²) >= 11 is 1.42. The first-order chi connectivity index (χ1) is 8.04. The summed E-state index contributed by atoms with van der Waals surface area (Å²) in [5.41, 5.74) is 1.83. The number of nitrogens with one attached hydrogen (secondary N) is 1. The van der Waals surface area contributed by atoms with Crippen LogP contribution in [0.4, 0.5) is 0 Å². The van der Waals surface area contributed by atoms with E-state index in [1.165, 1.54) is 11.8 Å². The summed E-state index contributed by atoms with van der Waals surface area (Å²) in [6.45, 7) is 0. The molecule has 0 fully saturated rings. The molecule has 0 saturated carbocycles. The quantitative estimate of drug-likeness (QED) is 0.317. The maximum atomic E-state index is 10.4. The Bertz CT molecular complexity index is 579. The van der Waals surface area contributed by atoms with Gasteiger partial charge in [0.1, 0.15) is 0 Å². The van der Waals surface area contributed by atoms with Crippen molar-refractivity contribution in [2.75, 3.05) is 11.5 Å². The molecule has 0 spiro atoms. The summed E-state index contributed by atoms with van der Waals surface area (Å²) in [6, 6.07) is 7.65. The monoisotopic (exact) mass is 310 g/mol. The molecule has 18 heavy (non-hydrogen) atoms. The van der Waals surface area contributed by atoms with Gasteiger partial charge in [-0.25, -0.2) is 13.4 Å². The Morgan fingerprint density at radius 1 is 1.33 bits per heavy atom. The number of aromatic nitrogens is 2. The maximum absolute atomic E-state index is 10.4. The maximum Gasteiger partial charge on any atom is 1.00 e. The number of fused-ring (bicyclic) bond motifs is 1. The van der Waals surface area contributed by atoms with Gasteiger partial charge < -0.3 is 9.54 Å². The van der Waals surface area contributed by atoms with Crippen LogP contribution < -0.4 is 51.4 Å². The van der Waals surface area contributed by atoms with Gasteiger partial charge in [-0.05, 0) is 18.6 Å². The van der Waals surface area contributed by atoms with Crippen molar-refractivity contribution in [2.45, 2.75) is 11.6 Å². The van der Waals surface area contributed by atoms with E-state index in [1.54, 1.807) is 0 Å². The van der Waals surface area contributed by atoms with Crippen LogP contribution in [0.25, 0.3) is 11.0 Å². The van der Waals surface area contributed by atoms with Gasteiger partial charge in [0.2, 0.25) is 0 Å². The second kappa shape index (κ2) is 7.39. The SMILES string of the molecule is O=S(=O)([O-])CCCSc1nc2ccccc2[nH]1.[K+]. The minimum absolute atomic E-state index is 0. The van der Waals surface area contributed by atoms with Crippen LogP contribution >= 0.6 is 11.8 Å². The van der Waals surface area contributed by atoms with Crippen molar-refractivity contribution in [3.05, 3.63) is 24.3 Å². The second-order valence-corrected chi connectivity index (χ2v) is 6.13. The van der Waals surface area contributed by atoms with Gasteiger partial charge in [-0.15, -0.1) is 0 Å². The Hall–Kier alpha value is 0.586. The fraction of sp³-hybridized carbons (Fsp3) is 0.300. The fourth-order valence-electron chi connectivity index (χ4n) is 1.40. The van der Waals surface area contributed by atoms with Crippen LogP contribution in [0.5, 0.6) is 0 Å². The average Bonchev–Trinajstić information content (AvgIpc) is 2.65. The van der Waals surface area contributed by atoms with Crippen molar-refractivity contribution in [2.24, 2.45) is 0 Å². The van der Waals surface area contributed by atoms with Crippen molar-refractivity contribution in [1.82, 2.24) is 9.97 Å². The molecule has 1 heterocycles. The van der Waals surface area contributed by atoms with E-state index in [-0.39, 0.29) is 57.1 Å². The molecule has 1 N–H and O–H groups in total. The predicted molar refractivity (Wildman–Crippen MR) is 66.0 cm³/mol. The molecule has 1 aromatic carbocycles. The van der Waals surface area contributed by atoms with Crippen LogP contribution in [0.3, 0.4) is 0 Å². The van der Waals surface area contributed by atoms with Gasteiger partial charge >= 0.3 is 51.4 Å². The van der Waals surface area contributed by atoms with E-state index < -0.39 is 10.1 Å². The van der Waals surface area contributed by atoms with Gasteiger partial charge in [0.05, 0.1) is 21.2 Å². The van der Waals surface area contributed by atoms with E-state index in [4.69, 9.17) is 0 Å². The summed E-state index contributed by atoms with van der Waals surface area (Å²) in [5, 5.41) is 0.745. The average molecular weight is 310 g/mol. The molecule has 0 amide bonds. The zero-order chi connectivity index (χ0) is 12.3. The molecule has 5 nitrogen and oxygen atoms in total. The smallest absolute Gasteiger partial charge is 0.748 e. The third-order valence-electron chi connectivity index (χ3n) is 2.15. The fourth-order valence-corrected chi connectivity index (χ4v) is 2.91. The first-order valence-corrected chi connectivity index (χ1v) is 7.62. The molecular formula is C10H11KN2O3S2. The minimum Gasteiger partial charge on any atom is -0.748 e. The zero-order valence-electron chi connectivity index (χ0n) is 9.92. The van der Waals surface area contributed by atoms with Gasteiger partial charge in [-0.3, -0.25) is 0 Å². The number of imidazole rings is 1. The van der Waals surface area contributed by atoms with Crippen LogP contribution in [-0.2, 0) is 10.1 Å². The summed E-state index contributed by atoms with van der Waals surface area (Å²) in [5.74, 6) is 0.238. The number of benzene rings is 1. The van der Waals surface area contributed by atoms with Crippen molar-refractivity contribution >= 4 is 32.9 Å². The molecule has 0 radical (unpaired) electrons. The Morgan fingerprint density at radius 3 is 2.72 bits per heavy atom. The van der Waals surface area contributed by atoms with E-state index >= 15 is 0 Å². The molecule has 8 heteroatoms. The Balaban J connectivity index is 0.00000162. The molecule has 0 aliphatic carbocycles. The van der Waals surface area contributed by atoms with Gasteiger partial charge in [-0.1, -0.05) is 23.9 Å². The summed E-state index contributed by atoms with van der Waals surface area (Å²) in [4.78, 5) is 7.44. The van der Waals surface area contributed by atoms with Crippen LogP contribution in [0.15, 0.2) is 29.4 Å². The van der Waals surface area contributed by atoms with Crippen molar-refractivity contribution in [1.29, 1.82) is 0 Å². The number of H-pyrrole nitrogens is 1. The van der Waals surface area contributed by atoms with Crippen LogP contribution in [-0.4, -0.2) is 34.4 Å². The summed E-state index contributed by atoms with van der Waals surface area (Å²) < 4.78 is 31.2. The molecule has 92 valence electrons. The topological polar surface area (TPSA) is 85.9 Å². The third-order valence-corrected chi connectivity index (χ3v) is 3.89. The standard InChI is InChI=1S/C10H12N2O3S2.K/c13-17(14,15)7-3-6-16-10-11-8-4-1-2-5-9(8)12-10;/h1-2,4-5H,3,6-7H2,(H,11,12)(H,13,14,15);/q;+1/p-1. The van der Waals surface area contributed by atoms with Gasteiger partial charge in [0.25, 0.3) is 0 Å². The molecular weight excluding hydrogens is 299 g/mol. The van der Waals surface area contributed by atoms with E-state index in [9.17, 15) is 13.0 Å². The van der Waals surface area contributed by atoms with E-state index in [0.29, 0.717) is 12.2 Å². The van der Waals surface area contributed by atoms with Gasteiger partial charge in [-0.2, -0.15) is 0 Å². The molecule has 2 rings (SSSR count). The number of thioether (sulfide) groups is 1. The van der Waals surface area contributed by atoms with Gasteiger partial charge in [0.15, 0.2) is 5.16 Å². The van der Waals surface area contributed by atoms with Crippen LogP contribution in [0.1, 0.15) is 6.42 Å².